The summed E-state index contributed by atoms with van der Waals surface area (Å²) in [4.78, 5) is 27.5. The topological polar surface area (TPSA) is 58.6 Å². The van der Waals surface area contributed by atoms with Gasteiger partial charge in [-0.1, -0.05) is 36.4 Å². The standard InChI is InChI=1S/C24H22N2O3/c27-23(18-9-8-12-20(17-18)29-19-10-2-1-3-11-19)25-22-14-5-4-13-21(22)24(28)26-15-6-7-16-26/h1-5,8-14,17H,6-7,15-16H2,(H,25,27). The molecule has 5 heteroatoms. The van der Waals surface area contributed by atoms with Crippen molar-refractivity contribution < 1.29 is 14.3 Å². The second kappa shape index (κ2) is 8.61. The van der Waals surface area contributed by atoms with Gasteiger partial charge >= 0.3 is 0 Å². The number of benzene rings is 3. The van der Waals surface area contributed by atoms with Gasteiger partial charge in [-0.05, 0) is 55.3 Å². The lowest BCUT2D eigenvalue weighted by molar-refractivity contribution is 0.0794. The number of nitrogens with zero attached hydrogens (tertiary/aromatic N) is 1. The Kier molecular flexibility index (Phi) is 5.56. The highest BCUT2D eigenvalue weighted by molar-refractivity contribution is 6.09. The zero-order chi connectivity index (χ0) is 20.1. The van der Waals surface area contributed by atoms with Crippen molar-refractivity contribution in [2.45, 2.75) is 12.8 Å². The predicted octanol–water partition coefficient (Wildman–Crippen LogP) is 4.97. The number of anilines is 1. The first kappa shape index (κ1) is 18.7. The molecule has 0 bridgehead atoms. The number of nitrogens with one attached hydrogen (secondary N) is 1. The molecule has 1 fully saturated rings. The van der Waals surface area contributed by atoms with Crippen LogP contribution in [0.3, 0.4) is 0 Å². The summed E-state index contributed by atoms with van der Waals surface area (Å²) in [7, 11) is 0. The summed E-state index contributed by atoms with van der Waals surface area (Å²) in [6.45, 7) is 1.53. The van der Waals surface area contributed by atoms with E-state index in [0.29, 0.717) is 28.3 Å². The average molecular weight is 386 g/mol. The average Bonchev–Trinajstić information content (AvgIpc) is 3.29. The Morgan fingerprint density at radius 3 is 2.28 bits per heavy atom. The van der Waals surface area contributed by atoms with Crippen LogP contribution in [-0.4, -0.2) is 29.8 Å². The molecule has 1 heterocycles. The highest BCUT2D eigenvalue weighted by atomic mass is 16.5. The summed E-state index contributed by atoms with van der Waals surface area (Å²) in [6.07, 6.45) is 2.04. The van der Waals surface area contributed by atoms with Gasteiger partial charge in [0.25, 0.3) is 11.8 Å². The Morgan fingerprint density at radius 2 is 1.48 bits per heavy atom. The van der Waals surface area contributed by atoms with E-state index < -0.39 is 0 Å². The second-order valence-electron chi connectivity index (χ2n) is 6.94. The number of carbonyl (C=O) groups is 2. The summed E-state index contributed by atoms with van der Waals surface area (Å²) in [5.74, 6) is 0.946. The molecular formula is C24H22N2O3. The number of hydrogen-bond donors (Lipinski definition) is 1. The van der Waals surface area contributed by atoms with E-state index >= 15 is 0 Å². The summed E-state index contributed by atoms with van der Waals surface area (Å²) < 4.78 is 5.81. The van der Waals surface area contributed by atoms with Crippen LogP contribution >= 0.6 is 0 Å². The third kappa shape index (κ3) is 4.46. The molecule has 4 rings (SSSR count). The van der Waals surface area contributed by atoms with E-state index in [1.54, 1.807) is 36.4 Å². The highest BCUT2D eigenvalue weighted by Crippen LogP contribution is 2.24. The number of likely N-dealkylation sites (tertiary alicyclic amines) is 1. The van der Waals surface area contributed by atoms with E-state index in [4.69, 9.17) is 4.74 Å². The zero-order valence-electron chi connectivity index (χ0n) is 16.0. The maximum atomic E-state index is 12.8. The third-order valence-electron chi connectivity index (χ3n) is 4.87. The number of rotatable bonds is 5. The molecule has 0 saturated carbocycles. The van der Waals surface area contributed by atoms with Gasteiger partial charge in [0.1, 0.15) is 11.5 Å². The molecule has 0 radical (unpaired) electrons. The molecule has 1 aliphatic rings. The van der Waals surface area contributed by atoms with Gasteiger partial charge < -0.3 is 15.0 Å². The highest BCUT2D eigenvalue weighted by Gasteiger charge is 2.22. The molecule has 1 aliphatic heterocycles. The quantitative estimate of drug-likeness (QED) is 0.674. The van der Waals surface area contributed by atoms with Gasteiger partial charge in [-0.15, -0.1) is 0 Å². The fourth-order valence-corrected chi connectivity index (χ4v) is 3.39. The third-order valence-corrected chi connectivity index (χ3v) is 4.87. The minimum atomic E-state index is -0.287. The van der Waals surface area contributed by atoms with Gasteiger partial charge in [0.15, 0.2) is 0 Å². The minimum Gasteiger partial charge on any atom is -0.457 e. The molecule has 0 aliphatic carbocycles. The molecule has 0 atom stereocenters. The van der Waals surface area contributed by atoms with E-state index in [9.17, 15) is 9.59 Å². The van der Waals surface area contributed by atoms with Crippen molar-refractivity contribution >= 4 is 17.5 Å². The van der Waals surface area contributed by atoms with Crippen molar-refractivity contribution in [1.82, 2.24) is 4.90 Å². The first-order chi connectivity index (χ1) is 14.2. The Hall–Kier alpha value is -3.60. The van der Waals surface area contributed by atoms with E-state index in [0.717, 1.165) is 25.9 Å². The molecule has 5 nitrogen and oxygen atoms in total. The summed E-state index contributed by atoms with van der Waals surface area (Å²) in [5, 5.41) is 2.88. The predicted molar refractivity (Wildman–Crippen MR) is 112 cm³/mol. The Labute approximate surface area is 169 Å². The maximum Gasteiger partial charge on any atom is 0.255 e. The maximum absolute atomic E-state index is 12.8. The smallest absolute Gasteiger partial charge is 0.255 e. The number of ether oxygens (including phenoxy) is 1. The van der Waals surface area contributed by atoms with Crippen molar-refractivity contribution in [1.29, 1.82) is 0 Å². The molecule has 3 aromatic rings. The molecule has 1 N–H and O–H groups in total. The lowest BCUT2D eigenvalue weighted by Crippen LogP contribution is -2.28. The van der Waals surface area contributed by atoms with E-state index in [2.05, 4.69) is 5.32 Å². The van der Waals surface area contributed by atoms with Crippen LogP contribution in [0.4, 0.5) is 5.69 Å². The first-order valence-electron chi connectivity index (χ1n) is 9.73. The summed E-state index contributed by atoms with van der Waals surface area (Å²) in [5.41, 5.74) is 1.49. The summed E-state index contributed by atoms with van der Waals surface area (Å²) in [6, 6.07) is 23.5. The van der Waals surface area contributed by atoms with Crippen LogP contribution < -0.4 is 10.1 Å². The van der Waals surface area contributed by atoms with Crippen LogP contribution in [0.1, 0.15) is 33.6 Å². The Balaban J connectivity index is 1.51. The largest absolute Gasteiger partial charge is 0.457 e. The molecule has 1 saturated heterocycles. The molecule has 0 aromatic heterocycles. The van der Waals surface area contributed by atoms with E-state index in [1.165, 1.54) is 0 Å². The molecular weight excluding hydrogens is 364 g/mol. The number of carbonyl (C=O) groups excluding carboxylic acids is 2. The van der Waals surface area contributed by atoms with Crippen molar-refractivity contribution in [3.63, 3.8) is 0 Å². The van der Waals surface area contributed by atoms with Gasteiger partial charge in [-0.25, -0.2) is 0 Å². The van der Waals surface area contributed by atoms with Crippen LogP contribution in [-0.2, 0) is 0 Å². The van der Waals surface area contributed by atoms with Crippen LogP contribution in [0.25, 0.3) is 0 Å². The van der Waals surface area contributed by atoms with Crippen molar-refractivity contribution in [2.75, 3.05) is 18.4 Å². The fraction of sp³-hybridized carbons (Fsp3) is 0.167. The minimum absolute atomic E-state index is 0.0421. The first-order valence-corrected chi connectivity index (χ1v) is 9.73. The van der Waals surface area contributed by atoms with Gasteiger partial charge in [-0.2, -0.15) is 0 Å². The van der Waals surface area contributed by atoms with Crippen molar-refractivity contribution in [2.24, 2.45) is 0 Å². The Bertz CT molecular complexity index is 1010. The second-order valence-corrected chi connectivity index (χ2v) is 6.94. The summed E-state index contributed by atoms with van der Waals surface area (Å²) >= 11 is 0. The van der Waals surface area contributed by atoms with Crippen LogP contribution in [0.2, 0.25) is 0 Å². The molecule has 2 amide bonds. The zero-order valence-corrected chi connectivity index (χ0v) is 16.0. The monoisotopic (exact) mass is 386 g/mol. The number of para-hydroxylation sites is 2. The molecule has 0 spiro atoms. The molecule has 3 aromatic carbocycles. The van der Waals surface area contributed by atoms with E-state index in [1.807, 2.05) is 47.4 Å². The SMILES string of the molecule is O=C(Nc1ccccc1C(=O)N1CCCC1)c1cccc(Oc2ccccc2)c1. The van der Waals surface area contributed by atoms with Crippen LogP contribution in [0.15, 0.2) is 78.9 Å². The van der Waals surface area contributed by atoms with Crippen LogP contribution in [0, 0.1) is 0 Å². The molecule has 0 unspecified atom stereocenters. The van der Waals surface area contributed by atoms with Gasteiger partial charge in [0.05, 0.1) is 11.3 Å². The molecule has 146 valence electrons. The van der Waals surface area contributed by atoms with Crippen LogP contribution in [0.5, 0.6) is 11.5 Å². The number of hydrogen-bond acceptors (Lipinski definition) is 3. The number of amides is 2. The van der Waals surface area contributed by atoms with Gasteiger partial charge in [0, 0.05) is 18.7 Å². The van der Waals surface area contributed by atoms with E-state index in [-0.39, 0.29) is 11.8 Å². The fourth-order valence-electron chi connectivity index (χ4n) is 3.39. The van der Waals surface area contributed by atoms with Gasteiger partial charge in [-0.3, -0.25) is 9.59 Å². The lowest BCUT2D eigenvalue weighted by Gasteiger charge is -2.18. The molecule has 29 heavy (non-hydrogen) atoms. The normalized spacial score (nSPS) is 13.2. The van der Waals surface area contributed by atoms with Crippen molar-refractivity contribution in [3.05, 3.63) is 90.0 Å². The Morgan fingerprint density at radius 1 is 0.793 bits per heavy atom. The van der Waals surface area contributed by atoms with Crippen molar-refractivity contribution in [3.8, 4) is 11.5 Å². The van der Waals surface area contributed by atoms with Gasteiger partial charge in [0.2, 0.25) is 0 Å². The lowest BCUT2D eigenvalue weighted by atomic mass is 10.1.